The van der Waals surface area contributed by atoms with Crippen molar-refractivity contribution in [3.8, 4) is 0 Å². The predicted molar refractivity (Wildman–Crippen MR) is 105 cm³/mol. The Labute approximate surface area is 161 Å². The van der Waals surface area contributed by atoms with E-state index in [1.165, 1.54) is 24.0 Å². The van der Waals surface area contributed by atoms with Crippen LogP contribution in [0, 0.1) is 5.92 Å². The van der Waals surface area contributed by atoms with Crippen LogP contribution in [0.1, 0.15) is 36.8 Å². The summed E-state index contributed by atoms with van der Waals surface area (Å²) in [5, 5.41) is 10.1. The molecule has 0 unspecified atom stereocenters. The molecule has 1 N–H and O–H groups in total. The fraction of sp³-hybridized carbons (Fsp3) is 0.591. The maximum atomic E-state index is 12.2. The van der Waals surface area contributed by atoms with E-state index in [0.29, 0.717) is 0 Å². The summed E-state index contributed by atoms with van der Waals surface area (Å²) in [6.45, 7) is 4.85. The minimum Gasteiger partial charge on any atom is -0.395 e. The molecule has 1 aliphatic carbocycles. The molecule has 1 saturated carbocycles. The largest absolute Gasteiger partial charge is 0.395 e. The molecule has 1 aromatic carbocycles. The minimum atomic E-state index is -0.0263. The minimum absolute atomic E-state index is 0.0263. The molecule has 2 aliphatic heterocycles. The first-order valence-electron chi connectivity index (χ1n) is 10.00. The zero-order valence-electron chi connectivity index (χ0n) is 16.3. The lowest BCUT2D eigenvalue weighted by molar-refractivity contribution is -0.199. The van der Waals surface area contributed by atoms with Crippen LogP contribution < -0.4 is 0 Å². The Balaban J connectivity index is 1.57. The zero-order chi connectivity index (χ0) is 19.0. The molecule has 0 bridgehead atoms. The number of hydrogen-bond donors (Lipinski definition) is 1. The van der Waals surface area contributed by atoms with Gasteiger partial charge in [-0.2, -0.15) is 0 Å². The Morgan fingerprint density at radius 2 is 2.00 bits per heavy atom. The molecule has 2 saturated heterocycles. The summed E-state index contributed by atoms with van der Waals surface area (Å²) in [6, 6.07) is 8.83. The normalized spacial score (nSPS) is 27.0. The number of ether oxygens (including phenoxy) is 1. The quantitative estimate of drug-likeness (QED) is 0.799. The first-order valence-corrected chi connectivity index (χ1v) is 10.00. The van der Waals surface area contributed by atoms with Crippen molar-refractivity contribution in [1.82, 2.24) is 9.80 Å². The van der Waals surface area contributed by atoms with Gasteiger partial charge in [0.25, 0.3) is 0 Å². The lowest BCUT2D eigenvalue weighted by Crippen LogP contribution is -2.85. The lowest BCUT2D eigenvalue weighted by Gasteiger charge is -2.71. The van der Waals surface area contributed by atoms with Crippen LogP contribution in [0.5, 0.6) is 0 Å². The molecule has 0 radical (unpaired) electrons. The number of hydrogen-bond acceptors (Lipinski definition) is 4. The zero-order valence-corrected chi connectivity index (χ0v) is 16.3. The molecule has 146 valence electrons. The van der Waals surface area contributed by atoms with E-state index in [0.717, 1.165) is 25.6 Å². The van der Waals surface area contributed by atoms with Gasteiger partial charge in [-0.3, -0.25) is 9.69 Å². The van der Waals surface area contributed by atoms with Gasteiger partial charge in [0, 0.05) is 38.7 Å². The van der Waals surface area contributed by atoms with E-state index in [4.69, 9.17) is 4.74 Å². The van der Waals surface area contributed by atoms with Gasteiger partial charge in [0.15, 0.2) is 0 Å². The number of allylic oxidation sites excluding steroid dienone is 1. The highest BCUT2D eigenvalue weighted by Gasteiger charge is 2.66. The second-order valence-electron chi connectivity index (χ2n) is 8.28. The van der Waals surface area contributed by atoms with Crippen molar-refractivity contribution < 1.29 is 14.6 Å². The number of carbonyl (C=O) groups excluding carboxylic acids is 1. The van der Waals surface area contributed by atoms with Crippen molar-refractivity contribution in [2.45, 2.75) is 37.3 Å². The topological polar surface area (TPSA) is 53.0 Å². The van der Waals surface area contributed by atoms with Gasteiger partial charge in [0.1, 0.15) is 6.61 Å². The fourth-order valence-electron chi connectivity index (χ4n) is 4.99. The summed E-state index contributed by atoms with van der Waals surface area (Å²) in [7, 11) is 1.56. The second-order valence-corrected chi connectivity index (χ2v) is 8.28. The summed E-state index contributed by atoms with van der Waals surface area (Å²) < 4.78 is 5.02. The molecule has 1 spiro atoms. The Morgan fingerprint density at radius 1 is 1.30 bits per heavy atom. The van der Waals surface area contributed by atoms with Gasteiger partial charge in [0.05, 0.1) is 12.1 Å². The molecule has 1 aromatic rings. The third-order valence-corrected chi connectivity index (χ3v) is 6.48. The number of aliphatic hydroxyl groups is 1. The Kier molecular flexibility index (Phi) is 5.10. The number of aliphatic hydroxyl groups excluding tert-OH is 1. The van der Waals surface area contributed by atoms with Crippen LogP contribution in [0.2, 0.25) is 0 Å². The molecule has 3 fully saturated rings. The molecule has 5 nitrogen and oxygen atoms in total. The van der Waals surface area contributed by atoms with Crippen LogP contribution >= 0.6 is 0 Å². The molecule has 5 heteroatoms. The van der Waals surface area contributed by atoms with Gasteiger partial charge in [0.2, 0.25) is 5.91 Å². The number of benzene rings is 1. The number of rotatable bonds is 7. The summed E-state index contributed by atoms with van der Waals surface area (Å²) in [6.07, 6.45) is 6.72. The number of carbonyl (C=O) groups is 1. The third-order valence-electron chi connectivity index (χ3n) is 6.48. The third kappa shape index (κ3) is 3.22. The van der Waals surface area contributed by atoms with Crippen LogP contribution in [0.15, 0.2) is 30.3 Å². The van der Waals surface area contributed by atoms with Gasteiger partial charge in [-0.15, -0.1) is 0 Å². The van der Waals surface area contributed by atoms with Gasteiger partial charge in [-0.1, -0.05) is 36.4 Å². The maximum Gasteiger partial charge on any atom is 0.248 e. The van der Waals surface area contributed by atoms with Crippen molar-refractivity contribution in [2.24, 2.45) is 5.92 Å². The summed E-state index contributed by atoms with van der Waals surface area (Å²) >= 11 is 0. The fourth-order valence-corrected chi connectivity index (χ4v) is 4.99. The van der Waals surface area contributed by atoms with Crippen molar-refractivity contribution in [1.29, 1.82) is 0 Å². The van der Waals surface area contributed by atoms with Crippen molar-refractivity contribution in [3.63, 3.8) is 0 Å². The second kappa shape index (κ2) is 7.38. The highest BCUT2D eigenvalue weighted by molar-refractivity contribution is 5.79. The average molecular weight is 370 g/mol. The smallest absolute Gasteiger partial charge is 0.248 e. The van der Waals surface area contributed by atoms with E-state index < -0.39 is 0 Å². The Hall–Kier alpha value is -1.69. The molecular formula is C22H30N2O3. The van der Waals surface area contributed by atoms with E-state index >= 15 is 0 Å². The molecule has 2 atom stereocenters. The van der Waals surface area contributed by atoms with Gasteiger partial charge in [-0.05, 0) is 36.8 Å². The van der Waals surface area contributed by atoms with E-state index in [-0.39, 0.29) is 36.6 Å². The first-order chi connectivity index (χ1) is 13.1. The molecular weight excluding hydrogens is 340 g/mol. The van der Waals surface area contributed by atoms with E-state index in [1.54, 1.807) is 7.11 Å². The summed E-state index contributed by atoms with van der Waals surface area (Å²) in [5.74, 6) is 1.09. The van der Waals surface area contributed by atoms with Crippen LogP contribution in [0.25, 0.3) is 6.08 Å². The maximum absolute atomic E-state index is 12.2. The lowest BCUT2D eigenvalue weighted by atomic mass is 9.60. The first kappa shape index (κ1) is 18.7. The van der Waals surface area contributed by atoms with Crippen LogP contribution in [-0.2, 0) is 9.53 Å². The highest BCUT2D eigenvalue weighted by atomic mass is 16.5. The monoisotopic (exact) mass is 370 g/mol. The Morgan fingerprint density at radius 3 is 2.56 bits per heavy atom. The molecule has 3 aliphatic rings. The van der Waals surface area contributed by atoms with E-state index in [1.807, 2.05) is 17.9 Å². The molecule has 1 amide bonds. The van der Waals surface area contributed by atoms with Crippen LogP contribution in [-0.4, -0.2) is 72.4 Å². The number of methoxy groups -OCH3 is 1. The van der Waals surface area contributed by atoms with Crippen molar-refractivity contribution in [3.05, 3.63) is 41.5 Å². The highest BCUT2D eigenvalue weighted by Crippen LogP contribution is 2.55. The predicted octanol–water partition coefficient (Wildman–Crippen LogP) is 2.12. The van der Waals surface area contributed by atoms with E-state index in [9.17, 15) is 9.90 Å². The van der Waals surface area contributed by atoms with Crippen LogP contribution in [0.3, 0.4) is 0 Å². The Bertz CT molecular complexity index is 705. The van der Waals surface area contributed by atoms with E-state index in [2.05, 4.69) is 35.2 Å². The number of nitrogens with zero attached hydrogens (tertiary/aromatic N) is 2. The molecule has 0 aromatic heterocycles. The number of likely N-dealkylation sites (tertiary alicyclic amines) is 2. The van der Waals surface area contributed by atoms with Gasteiger partial charge in [-0.25, -0.2) is 0 Å². The van der Waals surface area contributed by atoms with Gasteiger partial charge >= 0.3 is 0 Å². The van der Waals surface area contributed by atoms with Gasteiger partial charge < -0.3 is 14.7 Å². The SMILES string of the molecule is C/C=C/c1ccc([C@H]2[C@@H](CO)N(CC3CC3)C23CN(C(=O)COC)C3)cc1. The summed E-state index contributed by atoms with van der Waals surface area (Å²) in [5.41, 5.74) is 2.44. The molecule has 2 heterocycles. The van der Waals surface area contributed by atoms with Crippen LogP contribution in [0.4, 0.5) is 0 Å². The number of amides is 1. The standard InChI is InChI=1S/C22H30N2O3/c1-3-4-16-7-9-18(10-8-16)21-19(12-25)24(11-17-5-6-17)22(21)14-23(15-22)20(26)13-27-2/h3-4,7-10,17,19,21,25H,5-6,11-15H2,1-2H3/b4-3+/t19-,21+/m1/s1. The van der Waals surface area contributed by atoms with Crippen molar-refractivity contribution in [2.75, 3.05) is 40.0 Å². The molecule has 4 rings (SSSR count). The summed E-state index contributed by atoms with van der Waals surface area (Å²) in [4.78, 5) is 16.6. The molecule has 27 heavy (non-hydrogen) atoms. The average Bonchev–Trinajstić information content (AvgIpc) is 3.43. The van der Waals surface area contributed by atoms with Crippen molar-refractivity contribution >= 4 is 12.0 Å².